The van der Waals surface area contributed by atoms with E-state index in [0.717, 1.165) is 13.0 Å². The zero-order chi connectivity index (χ0) is 12.1. The molecule has 1 nitrogen and oxygen atoms in total. The Kier molecular flexibility index (Phi) is 4.65. The fourth-order valence-electron chi connectivity index (χ4n) is 2.41. The summed E-state index contributed by atoms with van der Waals surface area (Å²) in [5.74, 6) is 6.21. The third-order valence-electron chi connectivity index (χ3n) is 3.29. The average Bonchev–Trinajstić information content (AvgIpc) is 2.78. The van der Waals surface area contributed by atoms with Gasteiger partial charge in [0.1, 0.15) is 0 Å². The summed E-state index contributed by atoms with van der Waals surface area (Å²) >= 11 is 2.00. The molecule has 0 spiro atoms. The second-order valence-electron chi connectivity index (χ2n) is 4.55. The molecule has 0 amide bonds. The first-order valence-electron chi connectivity index (χ1n) is 6.59. The van der Waals surface area contributed by atoms with Gasteiger partial charge in [-0.3, -0.25) is 0 Å². The van der Waals surface area contributed by atoms with Crippen LogP contribution in [0.15, 0.2) is 6.07 Å². The highest BCUT2D eigenvalue weighted by Gasteiger charge is 2.17. The number of aryl methyl sites for hydroxylation is 2. The highest BCUT2D eigenvalue weighted by atomic mass is 32.1. The molecule has 2 rings (SSSR count). The van der Waals surface area contributed by atoms with Crippen molar-refractivity contribution in [3.05, 3.63) is 21.4 Å². The number of thiophene rings is 1. The van der Waals surface area contributed by atoms with E-state index in [0.29, 0.717) is 6.04 Å². The fourth-order valence-corrected chi connectivity index (χ4v) is 3.74. The van der Waals surface area contributed by atoms with Gasteiger partial charge in [0.15, 0.2) is 0 Å². The quantitative estimate of drug-likeness (QED) is 0.800. The van der Waals surface area contributed by atoms with Crippen molar-refractivity contribution in [2.24, 2.45) is 0 Å². The van der Waals surface area contributed by atoms with Gasteiger partial charge in [0.25, 0.3) is 0 Å². The Labute approximate surface area is 109 Å². The maximum Gasteiger partial charge on any atom is 0.0525 e. The van der Waals surface area contributed by atoms with Gasteiger partial charge in [-0.15, -0.1) is 23.2 Å². The summed E-state index contributed by atoms with van der Waals surface area (Å²) in [7, 11) is 0. The molecular weight excluding hydrogens is 226 g/mol. The lowest BCUT2D eigenvalue weighted by Gasteiger charge is -2.12. The number of nitrogens with one attached hydrogen (secondary N) is 1. The molecule has 0 saturated carbocycles. The highest BCUT2D eigenvalue weighted by Crippen LogP contribution is 2.33. The Bertz CT molecular complexity index is 398. The smallest absolute Gasteiger partial charge is 0.0525 e. The van der Waals surface area contributed by atoms with Crippen LogP contribution in [-0.2, 0) is 12.8 Å². The zero-order valence-electron chi connectivity index (χ0n) is 10.8. The van der Waals surface area contributed by atoms with Gasteiger partial charge in [-0.1, -0.05) is 6.92 Å². The molecule has 17 heavy (non-hydrogen) atoms. The van der Waals surface area contributed by atoms with Crippen LogP contribution in [0, 0.1) is 11.8 Å². The van der Waals surface area contributed by atoms with E-state index in [2.05, 4.69) is 30.1 Å². The maximum atomic E-state index is 3.55. The first-order chi connectivity index (χ1) is 8.35. The van der Waals surface area contributed by atoms with Crippen molar-refractivity contribution in [2.45, 2.75) is 52.0 Å². The van der Waals surface area contributed by atoms with Crippen molar-refractivity contribution in [3.63, 3.8) is 0 Å². The SMILES string of the molecule is CC#CCC(NCC)c1cc2c(s1)CCCC2. The first-order valence-corrected chi connectivity index (χ1v) is 7.41. The summed E-state index contributed by atoms with van der Waals surface area (Å²) in [6.07, 6.45) is 6.24. The van der Waals surface area contributed by atoms with E-state index in [-0.39, 0.29) is 0 Å². The minimum atomic E-state index is 0.433. The Morgan fingerprint density at radius 2 is 2.24 bits per heavy atom. The van der Waals surface area contributed by atoms with Gasteiger partial charge in [0.05, 0.1) is 6.04 Å². The molecule has 0 aliphatic heterocycles. The molecule has 2 heteroatoms. The Balaban J connectivity index is 2.16. The zero-order valence-corrected chi connectivity index (χ0v) is 11.6. The maximum absolute atomic E-state index is 3.55. The van der Waals surface area contributed by atoms with Gasteiger partial charge < -0.3 is 5.32 Å². The molecule has 1 aromatic rings. The van der Waals surface area contributed by atoms with Gasteiger partial charge in [0.2, 0.25) is 0 Å². The summed E-state index contributed by atoms with van der Waals surface area (Å²) in [6, 6.07) is 2.85. The molecule has 92 valence electrons. The van der Waals surface area contributed by atoms with Gasteiger partial charge in [0, 0.05) is 16.2 Å². The summed E-state index contributed by atoms with van der Waals surface area (Å²) in [6.45, 7) is 5.10. The highest BCUT2D eigenvalue weighted by molar-refractivity contribution is 7.12. The molecule has 1 aliphatic rings. The number of hydrogen-bond donors (Lipinski definition) is 1. The number of fused-ring (bicyclic) bond motifs is 1. The topological polar surface area (TPSA) is 12.0 Å². The molecule has 0 radical (unpaired) electrons. The Morgan fingerprint density at radius 1 is 1.41 bits per heavy atom. The van der Waals surface area contributed by atoms with E-state index in [9.17, 15) is 0 Å². The molecule has 1 heterocycles. The van der Waals surface area contributed by atoms with E-state index in [4.69, 9.17) is 0 Å². The molecule has 0 saturated heterocycles. The summed E-state index contributed by atoms with van der Waals surface area (Å²) in [5.41, 5.74) is 1.60. The lowest BCUT2D eigenvalue weighted by Crippen LogP contribution is -2.19. The first kappa shape index (κ1) is 12.7. The predicted molar refractivity (Wildman–Crippen MR) is 75.4 cm³/mol. The molecule has 0 fully saturated rings. The second-order valence-corrected chi connectivity index (χ2v) is 5.71. The van der Waals surface area contributed by atoms with Crippen LogP contribution < -0.4 is 5.32 Å². The number of rotatable bonds is 4. The van der Waals surface area contributed by atoms with Crippen molar-refractivity contribution in [3.8, 4) is 11.8 Å². The molecule has 1 N–H and O–H groups in total. The molecule has 1 aromatic heterocycles. The van der Waals surface area contributed by atoms with Gasteiger partial charge in [-0.2, -0.15) is 0 Å². The van der Waals surface area contributed by atoms with Crippen molar-refractivity contribution < 1.29 is 0 Å². The van der Waals surface area contributed by atoms with Crippen molar-refractivity contribution in [2.75, 3.05) is 6.54 Å². The Hall–Kier alpha value is -0.780. The number of hydrogen-bond acceptors (Lipinski definition) is 2. The van der Waals surface area contributed by atoms with E-state index >= 15 is 0 Å². The van der Waals surface area contributed by atoms with E-state index in [1.54, 1.807) is 10.4 Å². The van der Waals surface area contributed by atoms with Crippen molar-refractivity contribution in [1.82, 2.24) is 5.32 Å². The van der Waals surface area contributed by atoms with E-state index < -0.39 is 0 Å². The summed E-state index contributed by atoms with van der Waals surface area (Å²) < 4.78 is 0. The average molecular weight is 247 g/mol. The minimum Gasteiger partial charge on any atom is -0.309 e. The van der Waals surface area contributed by atoms with Crippen LogP contribution in [0.3, 0.4) is 0 Å². The third kappa shape index (κ3) is 3.12. The summed E-state index contributed by atoms with van der Waals surface area (Å²) in [4.78, 5) is 3.11. The third-order valence-corrected chi connectivity index (χ3v) is 4.64. The Morgan fingerprint density at radius 3 is 2.94 bits per heavy atom. The normalized spacial score (nSPS) is 15.9. The van der Waals surface area contributed by atoms with Gasteiger partial charge in [-0.05, 0) is 50.8 Å². The van der Waals surface area contributed by atoms with Crippen molar-refractivity contribution in [1.29, 1.82) is 0 Å². The lowest BCUT2D eigenvalue weighted by molar-refractivity contribution is 0.573. The van der Waals surface area contributed by atoms with E-state index in [1.165, 1.54) is 30.6 Å². The van der Waals surface area contributed by atoms with Crippen LogP contribution in [-0.4, -0.2) is 6.54 Å². The molecular formula is C15H21NS. The van der Waals surface area contributed by atoms with Crippen LogP contribution in [0.25, 0.3) is 0 Å². The van der Waals surface area contributed by atoms with Crippen LogP contribution in [0.1, 0.15) is 54.5 Å². The molecule has 1 unspecified atom stereocenters. The molecule has 1 aliphatic carbocycles. The minimum absolute atomic E-state index is 0.433. The summed E-state index contributed by atoms with van der Waals surface area (Å²) in [5, 5.41) is 3.55. The van der Waals surface area contributed by atoms with Crippen LogP contribution in [0.4, 0.5) is 0 Å². The largest absolute Gasteiger partial charge is 0.309 e. The second kappa shape index (κ2) is 6.23. The predicted octanol–water partition coefficient (Wildman–Crippen LogP) is 3.69. The van der Waals surface area contributed by atoms with Crippen LogP contribution in [0.5, 0.6) is 0 Å². The van der Waals surface area contributed by atoms with Gasteiger partial charge >= 0.3 is 0 Å². The van der Waals surface area contributed by atoms with Crippen LogP contribution >= 0.6 is 11.3 Å². The standard InChI is InChI=1S/C15H21NS/c1-3-5-9-13(16-4-2)15-11-12-8-6-7-10-14(12)17-15/h11,13,16H,4,6-10H2,1-2H3. The fraction of sp³-hybridized carbons (Fsp3) is 0.600. The molecule has 0 bridgehead atoms. The van der Waals surface area contributed by atoms with Crippen LogP contribution in [0.2, 0.25) is 0 Å². The van der Waals surface area contributed by atoms with Crippen molar-refractivity contribution >= 4 is 11.3 Å². The van der Waals surface area contributed by atoms with E-state index in [1.807, 2.05) is 18.3 Å². The lowest BCUT2D eigenvalue weighted by atomic mass is 9.98. The monoisotopic (exact) mass is 247 g/mol. The van der Waals surface area contributed by atoms with Gasteiger partial charge in [-0.25, -0.2) is 0 Å². The molecule has 1 atom stereocenters. The molecule has 0 aromatic carbocycles.